The highest BCUT2D eigenvalue weighted by atomic mass is 33.1. The van der Waals surface area contributed by atoms with Crippen LogP contribution in [0.4, 0.5) is 0 Å². The molecule has 7 atom stereocenters. The average Bonchev–Trinajstić information content (AvgIpc) is 3.09. The van der Waals surface area contributed by atoms with Gasteiger partial charge in [0.25, 0.3) is 0 Å². The lowest BCUT2D eigenvalue weighted by molar-refractivity contribution is -0.134. The van der Waals surface area contributed by atoms with E-state index in [0.717, 1.165) is 75.0 Å². The van der Waals surface area contributed by atoms with Crippen LogP contribution in [0.2, 0.25) is 0 Å². The summed E-state index contributed by atoms with van der Waals surface area (Å²) in [6.07, 6.45) is 12.8. The highest BCUT2D eigenvalue weighted by molar-refractivity contribution is 8.76. The van der Waals surface area contributed by atoms with Crippen molar-refractivity contribution in [2.45, 2.75) is 63.8 Å². The summed E-state index contributed by atoms with van der Waals surface area (Å²) in [5, 5.41) is 13.9. The molecule has 4 N–H and O–H groups in total. The van der Waals surface area contributed by atoms with Gasteiger partial charge >= 0.3 is 0 Å². The van der Waals surface area contributed by atoms with Crippen LogP contribution in [-0.2, 0) is 4.79 Å². The number of nitrogens with two attached hydrogens (primary N) is 1. The van der Waals surface area contributed by atoms with Gasteiger partial charge in [-0.25, -0.2) is 0 Å². The van der Waals surface area contributed by atoms with Gasteiger partial charge in [0.2, 0.25) is 0 Å². The zero-order chi connectivity index (χ0) is 22.8. The lowest BCUT2D eigenvalue weighted by Crippen LogP contribution is -2.57. The number of aliphatic hydroxyl groups is 1. The molecule has 5 nitrogen and oxygen atoms in total. The van der Waals surface area contributed by atoms with E-state index >= 15 is 0 Å². The number of Topliss-reactive ketones (excluding diaryl/α,β-unsaturated/α-hetero) is 1. The maximum Gasteiger partial charge on any atom is 0.189 e. The van der Waals surface area contributed by atoms with Crippen LogP contribution < -0.4 is 11.1 Å². The first-order chi connectivity index (χ1) is 16.0. The maximum atomic E-state index is 14.0. The van der Waals surface area contributed by atoms with E-state index in [1.54, 1.807) is 0 Å². The Labute approximate surface area is 205 Å². The van der Waals surface area contributed by atoms with Crippen molar-refractivity contribution in [3.05, 3.63) is 23.3 Å². The fourth-order valence-corrected chi connectivity index (χ4v) is 11.8. The number of hydrogen-bond donors (Lipinski definition) is 3. The first-order valence-electron chi connectivity index (χ1n) is 12.8. The summed E-state index contributed by atoms with van der Waals surface area (Å²) >= 11 is 0. The van der Waals surface area contributed by atoms with E-state index in [4.69, 9.17) is 5.73 Å². The van der Waals surface area contributed by atoms with E-state index in [-0.39, 0.29) is 28.9 Å². The van der Waals surface area contributed by atoms with E-state index in [2.05, 4.69) is 29.4 Å². The number of carbonyl (C=O) groups excluding carboxylic acids is 1. The van der Waals surface area contributed by atoms with E-state index in [0.29, 0.717) is 29.5 Å². The third kappa shape index (κ3) is 3.03. The quantitative estimate of drug-likeness (QED) is 0.382. The normalized spacial score (nSPS) is 47.0. The Kier molecular flexibility index (Phi) is 5.50. The van der Waals surface area contributed by atoms with Crippen LogP contribution >= 0.6 is 21.6 Å². The molecule has 0 unspecified atom stereocenters. The van der Waals surface area contributed by atoms with Crippen molar-refractivity contribution in [2.24, 2.45) is 45.2 Å². The van der Waals surface area contributed by atoms with Gasteiger partial charge in [0.15, 0.2) is 11.7 Å². The molecule has 2 saturated carbocycles. The molecule has 0 aromatic rings. The first-order valence-corrected chi connectivity index (χ1v) is 15.3. The van der Waals surface area contributed by atoms with Gasteiger partial charge in [-0.3, -0.25) is 9.79 Å². The van der Waals surface area contributed by atoms with Gasteiger partial charge in [0.05, 0.1) is 11.5 Å². The fourth-order valence-electron chi connectivity index (χ4n) is 8.97. The van der Waals surface area contributed by atoms with Crippen molar-refractivity contribution >= 4 is 33.3 Å². The highest BCUT2D eigenvalue weighted by Gasteiger charge is 2.73. The van der Waals surface area contributed by atoms with E-state index in [9.17, 15) is 9.90 Å². The second-order valence-electron chi connectivity index (χ2n) is 11.5. The summed E-state index contributed by atoms with van der Waals surface area (Å²) in [6, 6.07) is 0. The topological polar surface area (TPSA) is 87.7 Å². The number of ketones is 1. The zero-order valence-electron chi connectivity index (χ0n) is 19.6. The molecule has 0 radical (unpaired) electrons. The number of aliphatic imine (C=N–C) groups is 1. The minimum absolute atomic E-state index is 0.00395. The van der Waals surface area contributed by atoms with Crippen LogP contribution in [0.1, 0.15) is 58.3 Å². The Morgan fingerprint density at radius 1 is 1.30 bits per heavy atom. The Bertz CT molecular complexity index is 948. The predicted octanol–water partition coefficient (Wildman–Crippen LogP) is 4.09. The first kappa shape index (κ1) is 22.5. The van der Waals surface area contributed by atoms with Crippen LogP contribution in [0.5, 0.6) is 0 Å². The number of rotatable bonds is 1. The van der Waals surface area contributed by atoms with Crippen LogP contribution in [0.25, 0.3) is 0 Å². The number of hydrogen-bond acceptors (Lipinski definition) is 7. The molecule has 33 heavy (non-hydrogen) atoms. The molecule has 2 heterocycles. The van der Waals surface area contributed by atoms with Gasteiger partial charge in [-0.2, -0.15) is 0 Å². The summed E-state index contributed by atoms with van der Waals surface area (Å²) < 4.78 is 0. The molecule has 6 rings (SSSR count). The summed E-state index contributed by atoms with van der Waals surface area (Å²) in [5.74, 6) is 4.44. The van der Waals surface area contributed by atoms with E-state index < -0.39 is 0 Å². The summed E-state index contributed by atoms with van der Waals surface area (Å²) in [7, 11) is 3.99. The predicted molar refractivity (Wildman–Crippen MR) is 137 cm³/mol. The van der Waals surface area contributed by atoms with Crippen LogP contribution in [0, 0.1) is 34.5 Å². The number of aliphatic hydroxyl groups excluding tert-OH is 1. The Balaban J connectivity index is 1.41. The van der Waals surface area contributed by atoms with Gasteiger partial charge in [0, 0.05) is 30.1 Å². The molecule has 0 aromatic carbocycles. The third-order valence-corrected chi connectivity index (χ3v) is 13.0. The SMILES string of the molecule is C[C@]12CCSSC[C@]3(CCCC4=C5C[C@H]1C[C@H](CO)[C@H]1CC=C[C@H](C4=O)[C@@]512)CCN=C(N)N3. The summed E-state index contributed by atoms with van der Waals surface area (Å²) in [6.45, 7) is 3.56. The van der Waals surface area contributed by atoms with Gasteiger partial charge < -0.3 is 16.2 Å². The molecule has 6 aliphatic rings. The molecule has 2 fully saturated rings. The second-order valence-corrected chi connectivity index (χ2v) is 14.1. The number of nitrogens with zero attached hydrogens (tertiary/aromatic N) is 1. The van der Waals surface area contributed by atoms with Crippen molar-refractivity contribution in [3.63, 3.8) is 0 Å². The standard InChI is InChI=1S/C26H37N3O2S2/c1-24-9-11-32-33-15-25(8-10-28-23(27)29-25)7-3-4-18-21-13-17(24)12-16(14-30)19-5-2-6-20(22(18)31)26(19,21)24/h2,6,16-17,19-20,30H,3-5,7-15H2,1H3,(H3,27,28,29)/t16-,17-,19-,20-,24+,25+,26-/m1/s1. The fraction of sp³-hybridized carbons (Fsp3) is 0.769. The number of carbonyl (C=O) groups is 1. The Morgan fingerprint density at radius 3 is 3.00 bits per heavy atom. The highest BCUT2D eigenvalue weighted by Crippen LogP contribution is 2.77. The van der Waals surface area contributed by atoms with Crippen LogP contribution in [0.3, 0.4) is 0 Å². The summed E-state index contributed by atoms with van der Waals surface area (Å²) in [4.78, 5) is 18.4. The molecule has 2 spiro atoms. The van der Waals surface area contributed by atoms with Crippen molar-refractivity contribution in [2.75, 3.05) is 24.7 Å². The van der Waals surface area contributed by atoms with Gasteiger partial charge in [0.1, 0.15) is 0 Å². The van der Waals surface area contributed by atoms with Crippen LogP contribution in [-0.4, -0.2) is 47.0 Å². The van der Waals surface area contributed by atoms with Crippen molar-refractivity contribution in [3.8, 4) is 0 Å². The molecule has 0 saturated heterocycles. The average molecular weight is 488 g/mol. The second kappa shape index (κ2) is 8.06. The number of guanidine groups is 1. The Morgan fingerprint density at radius 2 is 2.18 bits per heavy atom. The lowest BCUT2D eigenvalue weighted by atomic mass is 9.44. The molecule has 2 aliphatic heterocycles. The molecule has 180 valence electrons. The molecule has 0 aromatic heterocycles. The molecular weight excluding hydrogens is 450 g/mol. The number of nitrogens with one attached hydrogen (secondary N) is 1. The van der Waals surface area contributed by atoms with E-state index in [1.165, 1.54) is 5.57 Å². The number of allylic oxidation sites excluding steroid dienone is 4. The molecule has 4 aliphatic carbocycles. The third-order valence-electron chi connectivity index (χ3n) is 10.4. The minimum Gasteiger partial charge on any atom is -0.396 e. The zero-order valence-corrected chi connectivity index (χ0v) is 21.3. The largest absolute Gasteiger partial charge is 0.396 e. The van der Waals surface area contributed by atoms with Crippen molar-refractivity contribution < 1.29 is 9.90 Å². The van der Waals surface area contributed by atoms with Gasteiger partial charge in [-0.15, -0.1) is 0 Å². The smallest absolute Gasteiger partial charge is 0.189 e. The maximum absolute atomic E-state index is 14.0. The minimum atomic E-state index is -0.0539. The summed E-state index contributed by atoms with van der Waals surface area (Å²) in [5.41, 5.74) is 8.85. The molecular formula is C26H37N3O2S2. The lowest BCUT2D eigenvalue weighted by Gasteiger charge is -2.59. The Hall–Kier alpha value is -0.920. The molecule has 0 amide bonds. The molecule has 5 bridgehead atoms. The van der Waals surface area contributed by atoms with Gasteiger partial charge in [-0.1, -0.05) is 46.2 Å². The monoisotopic (exact) mass is 487 g/mol. The molecule has 7 heteroatoms. The van der Waals surface area contributed by atoms with Gasteiger partial charge in [-0.05, 0) is 80.1 Å². The van der Waals surface area contributed by atoms with E-state index in [1.807, 2.05) is 21.6 Å². The van der Waals surface area contributed by atoms with Crippen LogP contribution in [0.15, 0.2) is 28.3 Å². The van der Waals surface area contributed by atoms with Crippen molar-refractivity contribution in [1.82, 2.24) is 5.32 Å². The van der Waals surface area contributed by atoms with Crippen molar-refractivity contribution in [1.29, 1.82) is 0 Å².